The van der Waals surface area contributed by atoms with E-state index in [1.807, 2.05) is 6.92 Å². The van der Waals surface area contributed by atoms with Crippen LogP contribution in [0.25, 0.3) is 0 Å². The molecule has 1 aliphatic rings. The number of amides is 2. The second kappa shape index (κ2) is 6.40. The molecule has 3 rings (SSSR count). The van der Waals surface area contributed by atoms with Gasteiger partial charge in [-0.3, -0.25) is 5.32 Å². The molecular weight excluding hydrogens is 343 g/mol. The number of aromatic nitrogens is 2. The van der Waals surface area contributed by atoms with Crippen LogP contribution in [0.5, 0.6) is 0 Å². The van der Waals surface area contributed by atoms with E-state index in [1.54, 1.807) is 18.2 Å². The van der Waals surface area contributed by atoms with E-state index < -0.39 is 0 Å². The molecule has 22 heavy (non-hydrogen) atoms. The summed E-state index contributed by atoms with van der Waals surface area (Å²) >= 11 is 13.4. The molecular formula is C14H14Cl2N4OS. The zero-order valence-electron chi connectivity index (χ0n) is 11.8. The van der Waals surface area contributed by atoms with Gasteiger partial charge in [0.15, 0.2) is 0 Å². The number of nitrogens with one attached hydrogen (secondary N) is 2. The minimum Gasteiger partial charge on any atom is -0.331 e. The zero-order chi connectivity index (χ0) is 15.7. The number of nitrogens with zero attached hydrogens (tertiary/aromatic N) is 2. The lowest BCUT2D eigenvalue weighted by atomic mass is 10.1. The number of benzene rings is 1. The lowest BCUT2D eigenvalue weighted by Crippen LogP contribution is -2.31. The molecule has 0 aliphatic heterocycles. The van der Waals surface area contributed by atoms with Crippen molar-refractivity contribution >= 4 is 45.7 Å². The highest BCUT2D eigenvalue weighted by Crippen LogP contribution is 2.42. The van der Waals surface area contributed by atoms with E-state index in [-0.39, 0.29) is 12.1 Å². The van der Waals surface area contributed by atoms with Gasteiger partial charge >= 0.3 is 6.03 Å². The fraction of sp³-hybridized carbons (Fsp3) is 0.357. The maximum Gasteiger partial charge on any atom is 0.321 e. The van der Waals surface area contributed by atoms with Crippen molar-refractivity contribution in [2.45, 2.75) is 31.7 Å². The van der Waals surface area contributed by atoms with Crippen molar-refractivity contribution < 1.29 is 4.79 Å². The van der Waals surface area contributed by atoms with Crippen LogP contribution in [0.15, 0.2) is 18.2 Å². The molecule has 1 aliphatic carbocycles. The van der Waals surface area contributed by atoms with Crippen LogP contribution < -0.4 is 10.6 Å². The van der Waals surface area contributed by atoms with Crippen molar-refractivity contribution in [2.75, 3.05) is 5.32 Å². The van der Waals surface area contributed by atoms with Crippen LogP contribution in [-0.2, 0) is 0 Å². The second-order valence-electron chi connectivity index (χ2n) is 5.21. The van der Waals surface area contributed by atoms with Gasteiger partial charge in [0.25, 0.3) is 0 Å². The predicted molar refractivity (Wildman–Crippen MR) is 88.9 cm³/mol. The van der Waals surface area contributed by atoms with Gasteiger partial charge < -0.3 is 5.32 Å². The highest BCUT2D eigenvalue weighted by molar-refractivity contribution is 7.15. The van der Waals surface area contributed by atoms with E-state index in [1.165, 1.54) is 11.3 Å². The first-order valence-corrected chi connectivity index (χ1v) is 8.46. The summed E-state index contributed by atoms with van der Waals surface area (Å²) in [6, 6.07) is 4.61. The van der Waals surface area contributed by atoms with Crippen LogP contribution in [0.1, 0.15) is 42.3 Å². The van der Waals surface area contributed by atoms with Crippen LogP contribution >= 0.6 is 34.5 Å². The van der Waals surface area contributed by atoms with E-state index in [4.69, 9.17) is 23.2 Å². The van der Waals surface area contributed by atoms with Crippen molar-refractivity contribution in [2.24, 2.45) is 0 Å². The molecule has 1 unspecified atom stereocenters. The summed E-state index contributed by atoms with van der Waals surface area (Å²) in [6.07, 6.45) is 2.32. The Labute approximate surface area is 142 Å². The van der Waals surface area contributed by atoms with Crippen molar-refractivity contribution in [3.05, 3.63) is 38.8 Å². The Morgan fingerprint density at radius 3 is 2.82 bits per heavy atom. The molecule has 0 spiro atoms. The monoisotopic (exact) mass is 356 g/mol. The highest BCUT2D eigenvalue weighted by Gasteiger charge is 2.27. The van der Waals surface area contributed by atoms with Gasteiger partial charge in [-0.05, 0) is 37.5 Å². The lowest BCUT2D eigenvalue weighted by molar-refractivity contribution is 0.249. The van der Waals surface area contributed by atoms with Crippen molar-refractivity contribution in [3.63, 3.8) is 0 Å². The summed E-state index contributed by atoms with van der Waals surface area (Å²) in [4.78, 5) is 12.0. The maximum absolute atomic E-state index is 12.0. The first-order chi connectivity index (χ1) is 10.5. The number of carbonyl (C=O) groups excluding carboxylic acids is 1. The second-order valence-corrected chi connectivity index (χ2v) is 7.06. The van der Waals surface area contributed by atoms with Crippen LogP contribution in [0.3, 0.4) is 0 Å². The third-order valence-corrected chi connectivity index (χ3v) is 4.93. The summed E-state index contributed by atoms with van der Waals surface area (Å²) < 4.78 is 0. The van der Waals surface area contributed by atoms with Gasteiger partial charge in [-0.1, -0.05) is 40.6 Å². The minimum absolute atomic E-state index is 0.249. The first-order valence-electron chi connectivity index (χ1n) is 6.89. The molecule has 0 radical (unpaired) electrons. The maximum atomic E-state index is 12.0. The molecule has 2 amide bonds. The number of hydrogen-bond donors (Lipinski definition) is 2. The Morgan fingerprint density at radius 2 is 2.14 bits per heavy atom. The third-order valence-electron chi connectivity index (χ3n) is 3.36. The van der Waals surface area contributed by atoms with Crippen LogP contribution in [0.4, 0.5) is 9.93 Å². The topological polar surface area (TPSA) is 66.9 Å². The normalized spacial score (nSPS) is 15.4. The molecule has 1 atom stereocenters. The number of rotatable bonds is 4. The molecule has 0 saturated heterocycles. The fourth-order valence-corrected chi connectivity index (χ4v) is 3.52. The molecule has 2 N–H and O–H groups in total. The molecule has 0 bridgehead atoms. The van der Waals surface area contributed by atoms with Crippen molar-refractivity contribution in [3.8, 4) is 0 Å². The number of urea groups is 1. The summed E-state index contributed by atoms with van der Waals surface area (Å²) in [7, 11) is 0. The summed E-state index contributed by atoms with van der Waals surface area (Å²) in [5.41, 5.74) is 0.803. The number of halogens is 2. The molecule has 1 heterocycles. The molecule has 116 valence electrons. The van der Waals surface area contributed by atoms with Crippen LogP contribution in [0, 0.1) is 0 Å². The largest absolute Gasteiger partial charge is 0.331 e. The van der Waals surface area contributed by atoms with Crippen LogP contribution in [0.2, 0.25) is 10.0 Å². The molecule has 1 aromatic carbocycles. The Hall–Kier alpha value is -1.37. The quantitative estimate of drug-likeness (QED) is 0.840. The number of carbonyl (C=O) groups is 1. The van der Waals surface area contributed by atoms with E-state index in [2.05, 4.69) is 20.8 Å². The molecule has 1 aromatic heterocycles. The Bertz CT molecular complexity index is 702. The molecule has 1 saturated carbocycles. The summed E-state index contributed by atoms with van der Waals surface area (Å²) in [6.45, 7) is 1.85. The third kappa shape index (κ3) is 3.69. The average molecular weight is 357 g/mol. The Morgan fingerprint density at radius 1 is 1.36 bits per heavy atom. The molecule has 8 heteroatoms. The summed E-state index contributed by atoms with van der Waals surface area (Å²) in [5.74, 6) is 0.530. The van der Waals surface area contributed by atoms with Gasteiger partial charge in [0, 0.05) is 16.0 Å². The van der Waals surface area contributed by atoms with E-state index in [9.17, 15) is 4.79 Å². The SMILES string of the molecule is CC(NC(=O)Nc1nnc(C2CC2)s1)c1ccc(Cl)cc1Cl. The van der Waals surface area contributed by atoms with Gasteiger partial charge in [0.2, 0.25) is 5.13 Å². The predicted octanol–water partition coefficient (Wildman–Crippen LogP) is 4.61. The molecule has 2 aromatic rings. The smallest absolute Gasteiger partial charge is 0.321 e. The van der Waals surface area contributed by atoms with E-state index in [0.717, 1.165) is 23.4 Å². The number of anilines is 1. The Kier molecular flexibility index (Phi) is 4.52. The zero-order valence-corrected chi connectivity index (χ0v) is 14.1. The lowest BCUT2D eigenvalue weighted by Gasteiger charge is -2.15. The van der Waals surface area contributed by atoms with Gasteiger partial charge in [0.1, 0.15) is 5.01 Å². The van der Waals surface area contributed by atoms with Gasteiger partial charge in [-0.25, -0.2) is 4.79 Å². The van der Waals surface area contributed by atoms with Crippen LogP contribution in [-0.4, -0.2) is 16.2 Å². The molecule has 5 nitrogen and oxygen atoms in total. The van der Waals surface area contributed by atoms with Crippen molar-refractivity contribution in [1.82, 2.24) is 15.5 Å². The van der Waals surface area contributed by atoms with Gasteiger partial charge in [-0.15, -0.1) is 10.2 Å². The number of hydrogen-bond acceptors (Lipinski definition) is 4. The highest BCUT2D eigenvalue weighted by atomic mass is 35.5. The Balaban J connectivity index is 1.60. The summed E-state index contributed by atoms with van der Waals surface area (Å²) in [5, 5.41) is 16.2. The molecule has 1 fully saturated rings. The van der Waals surface area contributed by atoms with Gasteiger partial charge in [0.05, 0.1) is 6.04 Å². The average Bonchev–Trinajstić information content (AvgIpc) is 3.19. The van der Waals surface area contributed by atoms with E-state index in [0.29, 0.717) is 21.1 Å². The fourth-order valence-electron chi connectivity index (χ4n) is 2.04. The standard InChI is InChI=1S/C14H14Cl2N4OS/c1-7(10-5-4-9(15)6-11(10)16)17-13(21)18-14-20-19-12(22-14)8-2-3-8/h4-8H,2-3H2,1H3,(H2,17,18,20,21). The van der Waals surface area contributed by atoms with E-state index >= 15 is 0 Å². The minimum atomic E-state index is -0.336. The first kappa shape index (κ1) is 15.5. The van der Waals surface area contributed by atoms with Crippen molar-refractivity contribution in [1.29, 1.82) is 0 Å². The van der Waals surface area contributed by atoms with Gasteiger partial charge in [-0.2, -0.15) is 0 Å².